The molecule has 4 rings (SSSR count). The monoisotopic (exact) mass is 395 g/mol. The molecule has 1 unspecified atom stereocenters. The summed E-state index contributed by atoms with van der Waals surface area (Å²) in [5.41, 5.74) is 2.36. The molecule has 3 aromatic rings. The molecule has 152 valence electrons. The minimum absolute atomic E-state index is 0.0591. The number of carbonyl (C=O) groups excluding carboxylic acids is 1. The number of piperidine rings is 1. The maximum atomic E-state index is 12.8. The number of anilines is 1. The van der Waals surface area contributed by atoms with Gasteiger partial charge in [-0.25, -0.2) is 4.98 Å². The Kier molecular flexibility index (Phi) is 5.59. The number of aromatic nitrogens is 3. The molecule has 29 heavy (non-hydrogen) atoms. The Hall–Kier alpha value is -3.16. The Morgan fingerprint density at radius 1 is 1.38 bits per heavy atom. The normalized spacial score (nSPS) is 16.8. The fourth-order valence-corrected chi connectivity index (χ4v) is 3.81. The first kappa shape index (κ1) is 19.2. The third-order valence-electron chi connectivity index (χ3n) is 5.35. The van der Waals surface area contributed by atoms with Crippen molar-refractivity contribution in [3.8, 4) is 5.75 Å². The number of amides is 1. The first-order valence-electron chi connectivity index (χ1n) is 9.94. The van der Waals surface area contributed by atoms with Crippen molar-refractivity contribution in [2.24, 2.45) is 5.92 Å². The molecule has 0 bridgehead atoms. The zero-order chi connectivity index (χ0) is 20.2. The Balaban J connectivity index is 1.46. The van der Waals surface area contributed by atoms with E-state index in [0.717, 1.165) is 54.0 Å². The Morgan fingerprint density at radius 2 is 2.28 bits per heavy atom. The number of ether oxygens (including phenoxy) is 1. The molecule has 1 N–H and O–H groups in total. The number of carbonyl (C=O) groups is 1. The second-order valence-corrected chi connectivity index (χ2v) is 7.21. The molecule has 0 radical (unpaired) electrons. The zero-order valence-corrected chi connectivity index (χ0v) is 16.7. The number of nitrogens with one attached hydrogen (secondary N) is 1. The highest BCUT2D eigenvalue weighted by Gasteiger charge is 2.28. The van der Waals surface area contributed by atoms with Crippen molar-refractivity contribution in [1.29, 1.82) is 0 Å². The SMILES string of the molecule is CCc1noc2ncnc(N3CCCC(C(=O)NCc4cccc(OC)c4)C3)c12. The van der Waals surface area contributed by atoms with Crippen LogP contribution in [0.2, 0.25) is 0 Å². The lowest BCUT2D eigenvalue weighted by Gasteiger charge is -2.33. The molecule has 1 amide bonds. The predicted octanol–water partition coefficient (Wildman–Crippen LogP) is 2.72. The largest absolute Gasteiger partial charge is 0.497 e. The molecule has 0 aliphatic carbocycles. The standard InChI is InChI=1S/C21H25N5O3/c1-3-17-18-19(23-13-24-21(18)29-25-17)26-9-5-7-15(12-26)20(27)22-11-14-6-4-8-16(10-14)28-2/h4,6,8,10,13,15H,3,5,7,9,11-12H2,1-2H3,(H,22,27). The van der Waals surface area contributed by atoms with E-state index in [-0.39, 0.29) is 11.8 Å². The van der Waals surface area contributed by atoms with Gasteiger partial charge in [-0.3, -0.25) is 4.79 Å². The van der Waals surface area contributed by atoms with Crippen LogP contribution >= 0.6 is 0 Å². The fourth-order valence-electron chi connectivity index (χ4n) is 3.81. The van der Waals surface area contributed by atoms with Crippen molar-refractivity contribution in [3.63, 3.8) is 0 Å². The van der Waals surface area contributed by atoms with E-state index < -0.39 is 0 Å². The minimum Gasteiger partial charge on any atom is -0.497 e. The van der Waals surface area contributed by atoms with Gasteiger partial charge in [-0.1, -0.05) is 24.2 Å². The summed E-state index contributed by atoms with van der Waals surface area (Å²) < 4.78 is 10.6. The van der Waals surface area contributed by atoms with Crippen LogP contribution < -0.4 is 15.0 Å². The molecule has 8 heteroatoms. The van der Waals surface area contributed by atoms with Crippen molar-refractivity contribution < 1.29 is 14.1 Å². The van der Waals surface area contributed by atoms with E-state index in [1.54, 1.807) is 7.11 Å². The van der Waals surface area contributed by atoms with Crippen LogP contribution in [0.15, 0.2) is 35.1 Å². The van der Waals surface area contributed by atoms with Gasteiger partial charge in [0.2, 0.25) is 5.91 Å². The van der Waals surface area contributed by atoms with Gasteiger partial charge in [0.25, 0.3) is 5.71 Å². The van der Waals surface area contributed by atoms with Crippen LogP contribution in [0.25, 0.3) is 11.1 Å². The van der Waals surface area contributed by atoms with Gasteiger partial charge in [-0.2, -0.15) is 4.98 Å². The second-order valence-electron chi connectivity index (χ2n) is 7.21. The number of hydrogen-bond donors (Lipinski definition) is 1. The molecule has 1 aromatic carbocycles. The molecular weight excluding hydrogens is 370 g/mol. The highest BCUT2D eigenvalue weighted by atomic mass is 16.5. The lowest BCUT2D eigenvalue weighted by atomic mass is 9.96. The van der Waals surface area contributed by atoms with E-state index >= 15 is 0 Å². The van der Waals surface area contributed by atoms with Gasteiger partial charge in [0, 0.05) is 19.6 Å². The van der Waals surface area contributed by atoms with Gasteiger partial charge in [-0.15, -0.1) is 0 Å². The summed E-state index contributed by atoms with van der Waals surface area (Å²) in [5, 5.41) is 8.02. The molecule has 1 aliphatic heterocycles. The van der Waals surface area contributed by atoms with Crippen molar-refractivity contribution in [2.45, 2.75) is 32.7 Å². The summed E-state index contributed by atoms with van der Waals surface area (Å²) in [4.78, 5) is 23.6. The Bertz CT molecular complexity index is 1000. The summed E-state index contributed by atoms with van der Waals surface area (Å²) in [6.07, 6.45) is 4.02. The molecule has 1 saturated heterocycles. The van der Waals surface area contributed by atoms with Gasteiger partial charge >= 0.3 is 0 Å². The first-order valence-corrected chi connectivity index (χ1v) is 9.94. The van der Waals surface area contributed by atoms with E-state index in [9.17, 15) is 4.79 Å². The molecular formula is C21H25N5O3. The Morgan fingerprint density at radius 3 is 3.10 bits per heavy atom. The maximum Gasteiger partial charge on any atom is 0.263 e. The van der Waals surface area contributed by atoms with Crippen LogP contribution in [0.4, 0.5) is 5.82 Å². The molecule has 3 heterocycles. The third-order valence-corrected chi connectivity index (χ3v) is 5.35. The number of fused-ring (bicyclic) bond motifs is 1. The number of aryl methyl sites for hydroxylation is 1. The molecule has 0 saturated carbocycles. The van der Waals surface area contributed by atoms with Gasteiger partial charge in [0.1, 0.15) is 23.3 Å². The van der Waals surface area contributed by atoms with Gasteiger partial charge in [0.15, 0.2) is 0 Å². The smallest absolute Gasteiger partial charge is 0.263 e. The average molecular weight is 395 g/mol. The quantitative estimate of drug-likeness (QED) is 0.686. The van der Waals surface area contributed by atoms with E-state index in [2.05, 4.69) is 25.3 Å². The van der Waals surface area contributed by atoms with Crippen LogP contribution in [-0.2, 0) is 17.8 Å². The number of benzene rings is 1. The van der Waals surface area contributed by atoms with Crippen molar-refractivity contribution in [3.05, 3.63) is 41.9 Å². The van der Waals surface area contributed by atoms with E-state index in [1.165, 1.54) is 6.33 Å². The predicted molar refractivity (Wildman–Crippen MR) is 109 cm³/mol. The van der Waals surface area contributed by atoms with Crippen LogP contribution in [0, 0.1) is 5.92 Å². The third kappa shape index (κ3) is 4.01. The maximum absolute atomic E-state index is 12.8. The lowest BCUT2D eigenvalue weighted by molar-refractivity contribution is -0.125. The molecule has 2 aromatic heterocycles. The lowest BCUT2D eigenvalue weighted by Crippen LogP contribution is -2.43. The summed E-state index contributed by atoms with van der Waals surface area (Å²) in [5.74, 6) is 1.56. The molecule has 1 aliphatic rings. The summed E-state index contributed by atoms with van der Waals surface area (Å²) in [6, 6.07) is 7.73. The molecule has 0 spiro atoms. The van der Waals surface area contributed by atoms with Crippen LogP contribution in [-0.4, -0.2) is 41.2 Å². The van der Waals surface area contributed by atoms with E-state index in [1.807, 2.05) is 31.2 Å². The first-order chi connectivity index (χ1) is 14.2. The van der Waals surface area contributed by atoms with E-state index in [4.69, 9.17) is 9.26 Å². The number of nitrogens with zero attached hydrogens (tertiary/aromatic N) is 4. The highest BCUT2D eigenvalue weighted by Crippen LogP contribution is 2.30. The van der Waals surface area contributed by atoms with Crippen molar-refractivity contribution in [2.75, 3.05) is 25.1 Å². The summed E-state index contributed by atoms with van der Waals surface area (Å²) in [7, 11) is 1.64. The summed E-state index contributed by atoms with van der Waals surface area (Å²) in [6.45, 7) is 3.97. The number of methoxy groups -OCH3 is 1. The topological polar surface area (TPSA) is 93.4 Å². The molecule has 1 atom stereocenters. The molecule has 8 nitrogen and oxygen atoms in total. The van der Waals surface area contributed by atoms with Crippen LogP contribution in [0.5, 0.6) is 5.75 Å². The zero-order valence-electron chi connectivity index (χ0n) is 16.7. The van der Waals surface area contributed by atoms with Gasteiger partial charge in [0.05, 0.1) is 18.7 Å². The van der Waals surface area contributed by atoms with Crippen molar-refractivity contribution in [1.82, 2.24) is 20.4 Å². The van der Waals surface area contributed by atoms with E-state index in [0.29, 0.717) is 18.8 Å². The van der Waals surface area contributed by atoms with Crippen LogP contribution in [0.1, 0.15) is 31.0 Å². The van der Waals surface area contributed by atoms with Crippen LogP contribution in [0.3, 0.4) is 0 Å². The van der Waals surface area contributed by atoms with Gasteiger partial charge < -0.3 is 19.5 Å². The average Bonchev–Trinajstić information content (AvgIpc) is 3.21. The Labute approximate surface area is 169 Å². The second kappa shape index (κ2) is 8.46. The number of rotatable bonds is 6. The minimum atomic E-state index is -0.0932. The number of hydrogen-bond acceptors (Lipinski definition) is 7. The fraction of sp³-hybridized carbons (Fsp3) is 0.429. The van der Waals surface area contributed by atoms with Crippen molar-refractivity contribution >= 4 is 22.8 Å². The molecule has 1 fully saturated rings. The van der Waals surface area contributed by atoms with Gasteiger partial charge in [-0.05, 0) is 37.0 Å². The highest BCUT2D eigenvalue weighted by molar-refractivity contribution is 5.88. The summed E-state index contributed by atoms with van der Waals surface area (Å²) >= 11 is 0.